The summed E-state index contributed by atoms with van der Waals surface area (Å²) in [6.45, 7) is 5.66. The molecule has 0 aliphatic carbocycles. The molecule has 4 nitrogen and oxygen atoms in total. The van der Waals surface area contributed by atoms with E-state index >= 15 is 0 Å². The lowest BCUT2D eigenvalue weighted by atomic mass is 10.1. The first-order valence-electron chi connectivity index (χ1n) is 8.71. The molecule has 0 heterocycles. The number of carbonyl (C=O) groups excluding carboxylic acids is 2. The molecule has 0 aliphatic heterocycles. The molecule has 3 rings (SSSR count). The molecule has 3 aromatic carbocycles. The second-order valence-corrected chi connectivity index (χ2v) is 6.97. The highest BCUT2D eigenvalue weighted by molar-refractivity contribution is 6.31. The van der Waals surface area contributed by atoms with Gasteiger partial charge in [0.1, 0.15) is 11.5 Å². The van der Waals surface area contributed by atoms with Crippen molar-refractivity contribution in [3.05, 3.63) is 93.5 Å². The lowest BCUT2D eigenvalue weighted by Gasteiger charge is -2.11. The summed E-state index contributed by atoms with van der Waals surface area (Å²) in [7, 11) is 0. The van der Waals surface area contributed by atoms with Gasteiger partial charge in [0.2, 0.25) is 0 Å². The van der Waals surface area contributed by atoms with Gasteiger partial charge in [0.25, 0.3) is 0 Å². The molecule has 0 atom stereocenters. The molecule has 0 amide bonds. The van der Waals surface area contributed by atoms with Crippen molar-refractivity contribution in [1.29, 1.82) is 0 Å². The first kappa shape index (κ1) is 19.6. The van der Waals surface area contributed by atoms with Crippen LogP contribution in [-0.2, 0) is 0 Å². The van der Waals surface area contributed by atoms with Crippen molar-refractivity contribution in [3.63, 3.8) is 0 Å². The predicted molar refractivity (Wildman–Crippen MR) is 108 cm³/mol. The van der Waals surface area contributed by atoms with Crippen molar-refractivity contribution in [2.45, 2.75) is 20.8 Å². The maximum Gasteiger partial charge on any atom is 0.344 e. The van der Waals surface area contributed by atoms with Crippen LogP contribution in [0, 0.1) is 20.8 Å². The zero-order valence-corrected chi connectivity index (χ0v) is 16.5. The number of ether oxygens (including phenoxy) is 2. The zero-order valence-electron chi connectivity index (χ0n) is 15.8. The van der Waals surface area contributed by atoms with Crippen LogP contribution in [0.3, 0.4) is 0 Å². The number of esters is 2. The fourth-order valence-corrected chi connectivity index (χ4v) is 2.95. The smallest absolute Gasteiger partial charge is 0.344 e. The summed E-state index contributed by atoms with van der Waals surface area (Å²) in [6.07, 6.45) is 0. The van der Waals surface area contributed by atoms with Crippen molar-refractivity contribution in [3.8, 4) is 11.5 Å². The maximum absolute atomic E-state index is 12.7. The summed E-state index contributed by atoms with van der Waals surface area (Å²) in [6, 6.07) is 16.8. The Kier molecular flexibility index (Phi) is 5.81. The summed E-state index contributed by atoms with van der Waals surface area (Å²) in [5, 5.41) is 0.581. The molecule has 28 heavy (non-hydrogen) atoms. The molecule has 0 aliphatic rings. The van der Waals surface area contributed by atoms with Gasteiger partial charge in [-0.25, -0.2) is 9.59 Å². The van der Waals surface area contributed by atoms with Gasteiger partial charge in [0.15, 0.2) is 0 Å². The number of hydrogen-bond donors (Lipinski definition) is 0. The van der Waals surface area contributed by atoms with Gasteiger partial charge in [-0.05, 0) is 79.9 Å². The Morgan fingerprint density at radius 1 is 0.714 bits per heavy atom. The fraction of sp³-hybridized carbons (Fsp3) is 0.130. The van der Waals surface area contributed by atoms with Gasteiger partial charge in [0, 0.05) is 5.02 Å². The lowest BCUT2D eigenvalue weighted by Crippen LogP contribution is -2.17. The largest absolute Gasteiger partial charge is 0.423 e. The topological polar surface area (TPSA) is 52.6 Å². The van der Waals surface area contributed by atoms with Crippen LogP contribution in [0.15, 0.2) is 60.7 Å². The third-order valence-corrected chi connectivity index (χ3v) is 4.54. The third-order valence-electron chi connectivity index (χ3n) is 4.11. The minimum Gasteiger partial charge on any atom is -0.423 e. The average molecular weight is 395 g/mol. The molecule has 0 aromatic heterocycles. The Morgan fingerprint density at radius 3 is 1.79 bits per heavy atom. The van der Waals surface area contributed by atoms with E-state index in [1.54, 1.807) is 42.5 Å². The van der Waals surface area contributed by atoms with Crippen LogP contribution in [0.1, 0.15) is 37.4 Å². The molecular weight excluding hydrogens is 376 g/mol. The van der Waals surface area contributed by atoms with Crippen LogP contribution in [-0.4, -0.2) is 11.9 Å². The highest BCUT2D eigenvalue weighted by atomic mass is 35.5. The molecule has 142 valence electrons. The van der Waals surface area contributed by atoms with Crippen LogP contribution in [0.25, 0.3) is 0 Å². The van der Waals surface area contributed by atoms with E-state index in [1.807, 2.05) is 26.8 Å². The molecule has 0 unspecified atom stereocenters. The van der Waals surface area contributed by atoms with Crippen molar-refractivity contribution in [2.75, 3.05) is 0 Å². The van der Waals surface area contributed by atoms with E-state index in [2.05, 4.69) is 0 Å². The number of rotatable bonds is 4. The molecule has 5 heteroatoms. The second kappa shape index (κ2) is 8.28. The first-order valence-corrected chi connectivity index (χ1v) is 9.09. The summed E-state index contributed by atoms with van der Waals surface area (Å²) >= 11 is 6.00. The molecule has 3 aromatic rings. The standard InChI is InChI=1S/C23H19ClO4/c1-14-10-15(2)12-18(11-14)28-23(26)20-7-5-4-6-19(20)22(25)27-17-8-9-21(24)16(3)13-17/h4-13H,1-3H3. The van der Waals surface area contributed by atoms with Gasteiger partial charge in [-0.3, -0.25) is 0 Å². The Morgan fingerprint density at radius 2 is 1.25 bits per heavy atom. The molecule has 0 bridgehead atoms. The van der Waals surface area contributed by atoms with E-state index in [4.69, 9.17) is 21.1 Å². The zero-order chi connectivity index (χ0) is 20.3. The summed E-state index contributed by atoms with van der Waals surface area (Å²) in [5.41, 5.74) is 3.01. The maximum atomic E-state index is 12.7. The van der Waals surface area contributed by atoms with E-state index in [0.29, 0.717) is 16.5 Å². The van der Waals surface area contributed by atoms with Crippen LogP contribution < -0.4 is 9.47 Å². The van der Waals surface area contributed by atoms with Gasteiger partial charge < -0.3 is 9.47 Å². The minimum absolute atomic E-state index is 0.129. The fourth-order valence-electron chi connectivity index (χ4n) is 2.84. The van der Waals surface area contributed by atoms with Crippen molar-refractivity contribution < 1.29 is 19.1 Å². The van der Waals surface area contributed by atoms with Crippen molar-refractivity contribution in [2.24, 2.45) is 0 Å². The Labute approximate surface area is 168 Å². The van der Waals surface area contributed by atoms with Crippen molar-refractivity contribution >= 4 is 23.5 Å². The molecule has 0 saturated carbocycles. The normalized spacial score (nSPS) is 10.4. The van der Waals surface area contributed by atoms with E-state index in [1.165, 1.54) is 12.1 Å². The molecule has 0 spiro atoms. The molecule has 0 N–H and O–H groups in total. The van der Waals surface area contributed by atoms with Crippen LogP contribution in [0.2, 0.25) is 5.02 Å². The predicted octanol–water partition coefficient (Wildman–Crippen LogP) is 5.70. The third kappa shape index (κ3) is 4.59. The van der Waals surface area contributed by atoms with E-state index in [9.17, 15) is 9.59 Å². The SMILES string of the molecule is Cc1cc(C)cc(OC(=O)c2ccccc2C(=O)Oc2ccc(Cl)c(C)c2)c1. The van der Waals surface area contributed by atoms with Gasteiger partial charge >= 0.3 is 11.9 Å². The van der Waals surface area contributed by atoms with Crippen LogP contribution >= 0.6 is 11.6 Å². The van der Waals surface area contributed by atoms with E-state index in [-0.39, 0.29) is 11.1 Å². The quantitative estimate of drug-likeness (QED) is 0.420. The average Bonchev–Trinajstić information content (AvgIpc) is 2.64. The molecule has 0 fully saturated rings. The lowest BCUT2D eigenvalue weighted by molar-refractivity contribution is 0.0692. The van der Waals surface area contributed by atoms with E-state index < -0.39 is 11.9 Å². The van der Waals surface area contributed by atoms with Gasteiger partial charge in [-0.15, -0.1) is 0 Å². The van der Waals surface area contributed by atoms with Crippen LogP contribution in [0.5, 0.6) is 11.5 Å². The van der Waals surface area contributed by atoms with Gasteiger partial charge in [-0.2, -0.15) is 0 Å². The monoisotopic (exact) mass is 394 g/mol. The number of aryl methyl sites for hydroxylation is 3. The summed E-state index contributed by atoms with van der Waals surface area (Å²) < 4.78 is 10.9. The Bertz CT molecular complexity index is 1040. The number of hydrogen-bond acceptors (Lipinski definition) is 4. The van der Waals surface area contributed by atoms with Gasteiger partial charge in [0.05, 0.1) is 11.1 Å². The van der Waals surface area contributed by atoms with Crippen molar-refractivity contribution in [1.82, 2.24) is 0 Å². The Balaban J connectivity index is 1.84. The molecule has 0 radical (unpaired) electrons. The summed E-state index contributed by atoms with van der Waals surface area (Å²) in [5.74, 6) is -0.483. The van der Waals surface area contributed by atoms with E-state index in [0.717, 1.165) is 16.7 Å². The van der Waals surface area contributed by atoms with Gasteiger partial charge in [-0.1, -0.05) is 29.8 Å². The number of halogens is 1. The first-order chi connectivity index (χ1) is 13.3. The molecular formula is C23H19ClO4. The minimum atomic E-state index is -0.644. The summed E-state index contributed by atoms with van der Waals surface area (Å²) in [4.78, 5) is 25.3. The highest BCUT2D eigenvalue weighted by Crippen LogP contribution is 2.23. The Hall–Kier alpha value is -3.11. The number of carbonyl (C=O) groups is 2. The molecule has 0 saturated heterocycles. The number of benzene rings is 3. The highest BCUT2D eigenvalue weighted by Gasteiger charge is 2.20. The second-order valence-electron chi connectivity index (χ2n) is 6.56. The van der Waals surface area contributed by atoms with Crippen LogP contribution in [0.4, 0.5) is 0 Å².